The van der Waals surface area contributed by atoms with Crippen LogP contribution in [0.1, 0.15) is 4.88 Å². The van der Waals surface area contributed by atoms with E-state index in [2.05, 4.69) is 26.0 Å². The van der Waals surface area contributed by atoms with Gasteiger partial charge in [0.25, 0.3) is 10.0 Å². The van der Waals surface area contributed by atoms with Crippen molar-refractivity contribution < 1.29 is 13.2 Å². The van der Waals surface area contributed by atoms with Crippen LogP contribution in [0.3, 0.4) is 0 Å². The van der Waals surface area contributed by atoms with E-state index in [-0.39, 0.29) is 4.90 Å². The Hall–Kier alpha value is -1.09. The molecule has 0 radical (unpaired) electrons. The Kier molecular flexibility index (Phi) is 5.26. The number of methoxy groups -OCH3 is 1. The molecule has 21 heavy (non-hydrogen) atoms. The summed E-state index contributed by atoms with van der Waals surface area (Å²) in [5.74, 6) is 0.566. The maximum atomic E-state index is 12.3. The highest BCUT2D eigenvalue weighted by Gasteiger charge is 2.17. The van der Waals surface area contributed by atoms with Crippen LogP contribution in [0, 0.1) is 0 Å². The Balaban J connectivity index is 2.24. The highest BCUT2D eigenvalue weighted by molar-refractivity contribution is 9.10. The molecule has 0 saturated carbocycles. The zero-order valence-electron chi connectivity index (χ0n) is 11.5. The Bertz CT molecular complexity index is 729. The van der Waals surface area contributed by atoms with E-state index in [9.17, 15) is 8.42 Å². The van der Waals surface area contributed by atoms with Gasteiger partial charge in [0.1, 0.15) is 5.75 Å². The van der Waals surface area contributed by atoms with Gasteiger partial charge in [0.15, 0.2) is 0 Å². The van der Waals surface area contributed by atoms with Gasteiger partial charge in [-0.25, -0.2) is 8.42 Å². The molecule has 0 bridgehead atoms. The number of halogens is 1. The minimum Gasteiger partial charge on any atom is -0.495 e. The van der Waals surface area contributed by atoms with Crippen molar-refractivity contribution in [3.8, 4) is 5.75 Å². The number of hydrogen-bond donors (Lipinski definition) is 2. The Morgan fingerprint density at radius 3 is 2.76 bits per heavy atom. The molecule has 0 aliphatic carbocycles. The summed E-state index contributed by atoms with van der Waals surface area (Å²) in [7, 11) is -0.238. The molecule has 0 saturated heterocycles. The van der Waals surface area contributed by atoms with Gasteiger partial charge in [0.2, 0.25) is 0 Å². The van der Waals surface area contributed by atoms with Crippen LogP contribution in [0.4, 0.5) is 5.69 Å². The molecule has 5 nitrogen and oxygen atoms in total. The minimum absolute atomic E-state index is 0.264. The van der Waals surface area contributed by atoms with Crippen molar-refractivity contribution >= 4 is 43.0 Å². The lowest BCUT2D eigenvalue weighted by molar-refractivity contribution is 0.412. The zero-order valence-corrected chi connectivity index (χ0v) is 14.7. The van der Waals surface area contributed by atoms with E-state index in [1.807, 2.05) is 7.05 Å². The second-order valence-corrected chi connectivity index (χ2v) is 7.77. The summed E-state index contributed by atoms with van der Waals surface area (Å²) in [4.78, 5) is 1.23. The first-order valence-electron chi connectivity index (χ1n) is 6.04. The first kappa shape index (κ1) is 16.3. The van der Waals surface area contributed by atoms with Gasteiger partial charge < -0.3 is 10.1 Å². The van der Waals surface area contributed by atoms with Crippen molar-refractivity contribution in [2.75, 3.05) is 18.9 Å². The van der Waals surface area contributed by atoms with Gasteiger partial charge in [-0.1, -0.05) is 0 Å². The fourth-order valence-corrected chi connectivity index (χ4v) is 4.45. The Morgan fingerprint density at radius 1 is 1.33 bits per heavy atom. The number of anilines is 1. The van der Waals surface area contributed by atoms with Gasteiger partial charge in [0, 0.05) is 22.9 Å². The van der Waals surface area contributed by atoms with Crippen LogP contribution >= 0.6 is 27.3 Å². The average Bonchev–Trinajstić information content (AvgIpc) is 2.91. The summed E-state index contributed by atoms with van der Waals surface area (Å²) in [6.45, 7) is 0.645. The lowest BCUT2D eigenvalue weighted by Gasteiger charge is -2.09. The zero-order chi connectivity index (χ0) is 15.5. The monoisotopic (exact) mass is 390 g/mol. The third-order valence-corrected chi connectivity index (χ3v) is 5.80. The molecule has 0 unspecified atom stereocenters. The van der Waals surface area contributed by atoms with Crippen molar-refractivity contribution in [3.05, 3.63) is 39.0 Å². The van der Waals surface area contributed by atoms with E-state index in [4.69, 9.17) is 4.74 Å². The molecule has 0 aliphatic heterocycles. The smallest absolute Gasteiger partial charge is 0.262 e. The van der Waals surface area contributed by atoms with E-state index < -0.39 is 10.0 Å². The standard InChI is InChI=1S/C13H15BrN2O3S2/c1-15-7-10-6-11(8-20-10)21(17,18)16-9-3-4-12(14)13(5-9)19-2/h3-6,8,15-16H,7H2,1-2H3. The van der Waals surface area contributed by atoms with Crippen LogP contribution in [-0.2, 0) is 16.6 Å². The number of rotatable bonds is 6. The second kappa shape index (κ2) is 6.78. The van der Waals surface area contributed by atoms with Crippen molar-refractivity contribution in [2.45, 2.75) is 11.4 Å². The summed E-state index contributed by atoms with van der Waals surface area (Å²) < 4.78 is 33.1. The Labute approximate surface area is 136 Å². The molecule has 0 fully saturated rings. The first-order chi connectivity index (χ1) is 9.96. The quantitative estimate of drug-likeness (QED) is 0.795. The average molecular weight is 391 g/mol. The van der Waals surface area contributed by atoms with E-state index in [1.54, 1.807) is 29.6 Å². The molecule has 1 heterocycles. The topological polar surface area (TPSA) is 67.4 Å². The molecule has 2 rings (SSSR count). The van der Waals surface area contributed by atoms with Crippen LogP contribution in [0.25, 0.3) is 0 Å². The maximum Gasteiger partial charge on any atom is 0.262 e. The van der Waals surface area contributed by atoms with Crippen LogP contribution in [0.15, 0.2) is 39.0 Å². The van der Waals surface area contributed by atoms with E-state index in [1.165, 1.54) is 18.4 Å². The van der Waals surface area contributed by atoms with E-state index >= 15 is 0 Å². The Morgan fingerprint density at radius 2 is 2.10 bits per heavy atom. The summed E-state index contributed by atoms with van der Waals surface area (Å²) in [6, 6.07) is 6.70. The van der Waals surface area contributed by atoms with Gasteiger partial charge in [-0.3, -0.25) is 4.72 Å². The molecule has 1 aromatic heterocycles. The summed E-state index contributed by atoms with van der Waals surface area (Å²) in [6.07, 6.45) is 0. The van der Waals surface area contributed by atoms with Crippen molar-refractivity contribution in [3.63, 3.8) is 0 Å². The molecule has 1 aromatic carbocycles. The first-order valence-corrected chi connectivity index (χ1v) is 9.20. The third kappa shape index (κ3) is 3.97. The molecule has 0 atom stereocenters. The van der Waals surface area contributed by atoms with Crippen molar-refractivity contribution in [1.82, 2.24) is 5.32 Å². The molecule has 2 aromatic rings. The van der Waals surface area contributed by atoms with Crippen LogP contribution in [-0.4, -0.2) is 22.6 Å². The third-order valence-electron chi connectivity index (χ3n) is 2.69. The molecule has 114 valence electrons. The normalized spacial score (nSPS) is 11.4. The van der Waals surface area contributed by atoms with Crippen molar-refractivity contribution in [2.24, 2.45) is 0 Å². The summed E-state index contributed by atoms with van der Waals surface area (Å²) in [5.41, 5.74) is 0.455. The van der Waals surface area contributed by atoms with E-state index in [0.717, 1.165) is 9.35 Å². The highest BCUT2D eigenvalue weighted by Crippen LogP contribution is 2.29. The van der Waals surface area contributed by atoms with Crippen LogP contribution in [0.5, 0.6) is 5.75 Å². The fourth-order valence-electron chi connectivity index (χ4n) is 1.71. The molecule has 2 N–H and O–H groups in total. The lowest BCUT2D eigenvalue weighted by atomic mass is 10.3. The maximum absolute atomic E-state index is 12.3. The molecule has 0 spiro atoms. The summed E-state index contributed by atoms with van der Waals surface area (Å²) >= 11 is 4.74. The SMILES string of the molecule is CNCc1cc(S(=O)(=O)Nc2ccc(Br)c(OC)c2)cs1. The molecular formula is C13H15BrN2O3S2. The van der Waals surface area contributed by atoms with Gasteiger partial charge in [-0.15, -0.1) is 11.3 Å². The molecular weight excluding hydrogens is 376 g/mol. The van der Waals surface area contributed by atoms with E-state index in [0.29, 0.717) is 18.0 Å². The number of nitrogens with one attached hydrogen (secondary N) is 2. The number of benzene rings is 1. The number of ether oxygens (including phenoxy) is 1. The number of sulfonamides is 1. The van der Waals surface area contributed by atoms with Gasteiger partial charge in [-0.2, -0.15) is 0 Å². The van der Waals surface area contributed by atoms with Gasteiger partial charge >= 0.3 is 0 Å². The minimum atomic E-state index is -3.59. The number of thiophene rings is 1. The van der Waals surface area contributed by atoms with Gasteiger partial charge in [0.05, 0.1) is 22.2 Å². The molecule has 8 heteroatoms. The number of hydrogen-bond acceptors (Lipinski definition) is 5. The molecule has 0 aliphatic rings. The lowest BCUT2D eigenvalue weighted by Crippen LogP contribution is -2.12. The predicted molar refractivity (Wildman–Crippen MR) is 88.6 cm³/mol. The van der Waals surface area contributed by atoms with Crippen molar-refractivity contribution in [1.29, 1.82) is 0 Å². The fraction of sp³-hybridized carbons (Fsp3) is 0.231. The van der Waals surface area contributed by atoms with Crippen LogP contribution < -0.4 is 14.8 Å². The highest BCUT2D eigenvalue weighted by atomic mass is 79.9. The van der Waals surface area contributed by atoms with Crippen LogP contribution in [0.2, 0.25) is 0 Å². The largest absolute Gasteiger partial charge is 0.495 e. The second-order valence-electron chi connectivity index (χ2n) is 4.23. The molecule has 0 amide bonds. The predicted octanol–water partition coefficient (Wildman–Crippen LogP) is 3.04. The van der Waals surface area contributed by atoms with Gasteiger partial charge in [-0.05, 0) is 41.2 Å². The summed E-state index contributed by atoms with van der Waals surface area (Å²) in [5, 5.41) is 4.62.